The van der Waals surface area contributed by atoms with E-state index in [1.165, 1.54) is 3.57 Å². The average molecular weight is 396 g/mol. The van der Waals surface area contributed by atoms with Crippen LogP contribution in [0, 0.1) is 3.57 Å². The molecule has 5 nitrogen and oxygen atoms in total. The lowest BCUT2D eigenvalue weighted by Gasteiger charge is -2.31. The van der Waals surface area contributed by atoms with Crippen LogP contribution in [0.25, 0.3) is 0 Å². The second-order valence-electron chi connectivity index (χ2n) is 5.20. The van der Waals surface area contributed by atoms with Gasteiger partial charge in [-0.3, -0.25) is 10.2 Å². The van der Waals surface area contributed by atoms with Crippen LogP contribution in [-0.2, 0) is 0 Å². The molecule has 2 aromatic rings. The Morgan fingerprint density at radius 3 is 2.67 bits per heavy atom. The van der Waals surface area contributed by atoms with Gasteiger partial charge in [-0.15, -0.1) is 0 Å². The molecule has 2 heterocycles. The van der Waals surface area contributed by atoms with Gasteiger partial charge in [-0.1, -0.05) is 12.1 Å². The fourth-order valence-electron chi connectivity index (χ4n) is 2.32. The van der Waals surface area contributed by atoms with Gasteiger partial charge in [0.2, 0.25) is 0 Å². The molecule has 0 spiro atoms. The molecule has 1 aromatic heterocycles. The molecule has 1 unspecified atom stereocenters. The Bertz CT molecular complexity index is 633. The van der Waals surface area contributed by atoms with E-state index in [0.29, 0.717) is 5.69 Å². The fourth-order valence-corrected chi connectivity index (χ4v) is 2.68. The first kappa shape index (κ1) is 14.5. The zero-order chi connectivity index (χ0) is 14.8. The third-order valence-electron chi connectivity index (χ3n) is 3.78. The number of hydrogen-bond acceptors (Lipinski definition) is 3. The Morgan fingerprint density at radius 1 is 1.33 bits per heavy atom. The molecule has 1 aliphatic rings. The van der Waals surface area contributed by atoms with Crippen LogP contribution >= 0.6 is 22.6 Å². The van der Waals surface area contributed by atoms with E-state index in [4.69, 9.17) is 0 Å². The second kappa shape index (κ2) is 6.15. The van der Waals surface area contributed by atoms with Crippen molar-refractivity contribution in [2.24, 2.45) is 0 Å². The van der Waals surface area contributed by atoms with Gasteiger partial charge in [0, 0.05) is 16.7 Å². The number of rotatable bonds is 4. The standard InChI is InChI=1S/C15H17IN4O/c1-11(12-3-5-13(16)6-4-12)20-10-17-9-14(20)15(21)18-19-7-2-8-19/h3-6,9-11H,2,7-8H2,1H3,(H,18,21). The maximum Gasteiger partial charge on any atom is 0.283 e. The normalized spacial score (nSPS) is 16.3. The number of amides is 1. The van der Waals surface area contributed by atoms with Gasteiger partial charge >= 0.3 is 0 Å². The Kier molecular flexibility index (Phi) is 4.25. The molecule has 1 aliphatic heterocycles. The summed E-state index contributed by atoms with van der Waals surface area (Å²) in [4.78, 5) is 16.4. The molecule has 1 amide bonds. The Morgan fingerprint density at radius 2 is 2.05 bits per heavy atom. The summed E-state index contributed by atoms with van der Waals surface area (Å²) in [7, 11) is 0. The molecule has 0 aliphatic carbocycles. The number of benzene rings is 1. The first-order valence-electron chi connectivity index (χ1n) is 6.98. The fraction of sp³-hybridized carbons (Fsp3) is 0.333. The molecule has 0 radical (unpaired) electrons. The zero-order valence-electron chi connectivity index (χ0n) is 11.8. The SMILES string of the molecule is CC(c1ccc(I)cc1)n1cncc1C(=O)NN1CCC1. The van der Waals surface area contributed by atoms with Crippen LogP contribution in [-0.4, -0.2) is 33.6 Å². The van der Waals surface area contributed by atoms with Crippen LogP contribution in [0.2, 0.25) is 0 Å². The third kappa shape index (κ3) is 3.11. The largest absolute Gasteiger partial charge is 0.319 e. The molecule has 6 heteroatoms. The molecule has 3 rings (SSSR count). The summed E-state index contributed by atoms with van der Waals surface area (Å²) in [5.74, 6) is -0.0930. The van der Waals surface area contributed by atoms with Crippen molar-refractivity contribution in [3.8, 4) is 0 Å². The maximum absolute atomic E-state index is 12.3. The number of hydrogen-bond donors (Lipinski definition) is 1. The van der Waals surface area contributed by atoms with Crippen LogP contribution < -0.4 is 5.43 Å². The summed E-state index contributed by atoms with van der Waals surface area (Å²) >= 11 is 2.29. The van der Waals surface area contributed by atoms with Gasteiger partial charge in [-0.25, -0.2) is 9.99 Å². The highest BCUT2D eigenvalue weighted by atomic mass is 127. The summed E-state index contributed by atoms with van der Waals surface area (Å²) in [6, 6.07) is 8.39. The van der Waals surface area contributed by atoms with Gasteiger partial charge in [0.15, 0.2) is 0 Å². The molecule has 1 N–H and O–H groups in total. The highest BCUT2D eigenvalue weighted by molar-refractivity contribution is 14.1. The predicted octanol–water partition coefficient (Wildman–Crippen LogP) is 2.45. The van der Waals surface area contributed by atoms with Crippen molar-refractivity contribution in [1.82, 2.24) is 20.0 Å². The molecular formula is C15H17IN4O. The number of nitrogens with one attached hydrogen (secondary N) is 1. The monoisotopic (exact) mass is 396 g/mol. The van der Waals surface area contributed by atoms with Gasteiger partial charge < -0.3 is 4.57 Å². The maximum atomic E-state index is 12.3. The van der Waals surface area contributed by atoms with E-state index in [0.717, 1.165) is 25.1 Å². The lowest BCUT2D eigenvalue weighted by molar-refractivity contribution is 0.0632. The first-order chi connectivity index (χ1) is 10.1. The summed E-state index contributed by atoms with van der Waals surface area (Å²) in [5, 5.41) is 1.93. The van der Waals surface area contributed by atoms with Crippen molar-refractivity contribution in [3.05, 3.63) is 51.6 Å². The number of halogens is 1. The zero-order valence-corrected chi connectivity index (χ0v) is 13.9. The Labute approximate surface area is 137 Å². The minimum atomic E-state index is -0.0930. The van der Waals surface area contributed by atoms with Crippen LogP contribution in [0.4, 0.5) is 0 Å². The number of aromatic nitrogens is 2. The van der Waals surface area contributed by atoms with Gasteiger partial charge in [0.25, 0.3) is 5.91 Å². The lowest BCUT2D eigenvalue weighted by atomic mass is 10.1. The minimum absolute atomic E-state index is 0.0710. The number of hydrazine groups is 1. The molecule has 21 heavy (non-hydrogen) atoms. The van der Waals surface area contributed by atoms with E-state index in [1.807, 2.05) is 9.58 Å². The van der Waals surface area contributed by atoms with Crippen molar-refractivity contribution >= 4 is 28.5 Å². The van der Waals surface area contributed by atoms with E-state index in [2.05, 4.69) is 64.2 Å². The Hall–Kier alpha value is -1.41. The van der Waals surface area contributed by atoms with Crippen LogP contribution in [0.1, 0.15) is 35.4 Å². The van der Waals surface area contributed by atoms with E-state index < -0.39 is 0 Å². The molecule has 1 saturated heterocycles. The molecule has 1 fully saturated rings. The van der Waals surface area contributed by atoms with Crippen LogP contribution in [0.15, 0.2) is 36.8 Å². The first-order valence-corrected chi connectivity index (χ1v) is 8.06. The number of nitrogens with zero attached hydrogens (tertiary/aromatic N) is 3. The van der Waals surface area contributed by atoms with Crippen LogP contribution in [0.5, 0.6) is 0 Å². The van der Waals surface area contributed by atoms with Crippen molar-refractivity contribution < 1.29 is 4.79 Å². The van der Waals surface area contributed by atoms with Crippen molar-refractivity contribution in [2.45, 2.75) is 19.4 Å². The average Bonchev–Trinajstić information content (AvgIpc) is 2.92. The van der Waals surface area contributed by atoms with E-state index in [-0.39, 0.29) is 11.9 Å². The van der Waals surface area contributed by atoms with Crippen molar-refractivity contribution in [2.75, 3.05) is 13.1 Å². The van der Waals surface area contributed by atoms with Gasteiger partial charge in [-0.05, 0) is 53.6 Å². The minimum Gasteiger partial charge on any atom is -0.319 e. The van der Waals surface area contributed by atoms with E-state index >= 15 is 0 Å². The van der Waals surface area contributed by atoms with Gasteiger partial charge in [0.05, 0.1) is 18.6 Å². The summed E-state index contributed by atoms with van der Waals surface area (Å²) in [6.45, 7) is 3.92. The van der Waals surface area contributed by atoms with Crippen LogP contribution in [0.3, 0.4) is 0 Å². The van der Waals surface area contributed by atoms with Gasteiger partial charge in [0.1, 0.15) is 5.69 Å². The highest BCUT2D eigenvalue weighted by Crippen LogP contribution is 2.21. The number of carbonyl (C=O) groups is 1. The lowest BCUT2D eigenvalue weighted by Crippen LogP contribution is -2.50. The summed E-state index contributed by atoms with van der Waals surface area (Å²) in [6.07, 6.45) is 4.48. The van der Waals surface area contributed by atoms with Gasteiger partial charge in [-0.2, -0.15) is 0 Å². The molecule has 0 saturated carbocycles. The molecular weight excluding hydrogens is 379 g/mol. The smallest absolute Gasteiger partial charge is 0.283 e. The predicted molar refractivity (Wildman–Crippen MR) is 88.9 cm³/mol. The molecule has 1 aromatic carbocycles. The Balaban J connectivity index is 1.80. The highest BCUT2D eigenvalue weighted by Gasteiger charge is 2.21. The summed E-state index contributed by atoms with van der Waals surface area (Å²) < 4.78 is 3.11. The molecule has 110 valence electrons. The van der Waals surface area contributed by atoms with E-state index in [9.17, 15) is 4.79 Å². The number of imidazole rings is 1. The van der Waals surface area contributed by atoms with Crippen molar-refractivity contribution in [1.29, 1.82) is 0 Å². The number of carbonyl (C=O) groups excluding carboxylic acids is 1. The quantitative estimate of drug-likeness (QED) is 0.808. The molecule has 0 bridgehead atoms. The third-order valence-corrected chi connectivity index (χ3v) is 4.50. The van der Waals surface area contributed by atoms with Crippen molar-refractivity contribution in [3.63, 3.8) is 0 Å². The second-order valence-corrected chi connectivity index (χ2v) is 6.44. The summed E-state index contributed by atoms with van der Waals surface area (Å²) in [5.41, 5.74) is 4.66. The van der Waals surface area contributed by atoms with E-state index in [1.54, 1.807) is 12.5 Å². The molecule has 1 atom stereocenters. The topological polar surface area (TPSA) is 50.2 Å².